The molecule has 4 atom stereocenters. The smallest absolute Gasteiger partial charge is 0.151 e. The van der Waals surface area contributed by atoms with Crippen LogP contribution in [0.2, 0.25) is 0 Å². The van der Waals surface area contributed by atoms with Gasteiger partial charge in [0.15, 0.2) is 6.29 Å². The van der Waals surface area contributed by atoms with Gasteiger partial charge in [-0.1, -0.05) is 6.08 Å². The quantitative estimate of drug-likeness (QED) is 0.237. The summed E-state index contributed by atoms with van der Waals surface area (Å²) in [5.74, 6) is 0. The second kappa shape index (κ2) is 5.18. The Kier molecular flexibility index (Phi) is 4.18. The maximum Gasteiger partial charge on any atom is 0.151 e. The van der Waals surface area contributed by atoms with Gasteiger partial charge in [0.25, 0.3) is 0 Å². The molecule has 0 saturated heterocycles. The lowest BCUT2D eigenvalue weighted by Crippen LogP contribution is -2.56. The van der Waals surface area contributed by atoms with E-state index in [9.17, 15) is 15.0 Å². The Morgan fingerprint density at radius 3 is 2.43 bits per heavy atom. The third-order valence-electron chi connectivity index (χ3n) is 1.89. The Hall–Kier alpha value is -0.790. The van der Waals surface area contributed by atoms with E-state index < -0.39 is 30.5 Å². The summed E-state index contributed by atoms with van der Waals surface area (Å²) in [7, 11) is 0. The van der Waals surface area contributed by atoms with Gasteiger partial charge in [0.2, 0.25) is 0 Å². The van der Waals surface area contributed by atoms with E-state index in [1.54, 1.807) is 0 Å². The van der Waals surface area contributed by atoms with Crippen molar-refractivity contribution in [1.82, 2.24) is 0 Å². The van der Waals surface area contributed by atoms with Gasteiger partial charge in [-0.15, -0.1) is 6.55 Å². The molecule has 5 N–H and O–H groups in total. The topological polar surface area (TPSA) is 118 Å². The van der Waals surface area contributed by atoms with Crippen molar-refractivity contribution >= 4 is 6.29 Å². The molecule has 14 heavy (non-hydrogen) atoms. The summed E-state index contributed by atoms with van der Waals surface area (Å²) in [6, 6.07) is 0. The van der Waals surface area contributed by atoms with E-state index in [1.807, 2.05) is 0 Å². The van der Waals surface area contributed by atoms with Crippen LogP contribution in [0.25, 0.3) is 0 Å². The minimum absolute atomic E-state index is 0.0483. The standard InChI is InChI=1S/C8H14O6/c1-2-8(14,6(12)4-10)7(13)5(11)3-9/h2,4-7,9,11-14H,1,3H2/t5-,6+,7-,8+/m1/s1/i1D. The Balaban J connectivity index is 5.00. The molecule has 6 heteroatoms. The molecule has 0 bridgehead atoms. The zero-order chi connectivity index (χ0) is 12.1. The number of carbonyl (C=O) groups is 1. The van der Waals surface area contributed by atoms with Crippen LogP contribution < -0.4 is 0 Å². The van der Waals surface area contributed by atoms with Gasteiger partial charge in [-0.3, -0.25) is 0 Å². The molecule has 0 aliphatic carbocycles. The summed E-state index contributed by atoms with van der Waals surface area (Å²) in [5.41, 5.74) is -2.49. The molecule has 0 aliphatic rings. The van der Waals surface area contributed by atoms with Crippen LogP contribution in [-0.2, 0) is 4.79 Å². The monoisotopic (exact) mass is 207 g/mol. The van der Waals surface area contributed by atoms with Crippen LogP contribution in [0.4, 0.5) is 0 Å². The molecule has 0 aromatic rings. The largest absolute Gasteiger partial charge is 0.394 e. The highest BCUT2D eigenvalue weighted by atomic mass is 16.4. The van der Waals surface area contributed by atoms with Crippen molar-refractivity contribution in [3.8, 4) is 0 Å². The van der Waals surface area contributed by atoms with Crippen molar-refractivity contribution < 1.29 is 31.7 Å². The van der Waals surface area contributed by atoms with Gasteiger partial charge in [-0.05, 0) is 0 Å². The van der Waals surface area contributed by atoms with Crippen LogP contribution in [0.3, 0.4) is 0 Å². The molecule has 82 valence electrons. The highest BCUT2D eigenvalue weighted by molar-refractivity contribution is 5.59. The molecule has 0 heterocycles. The van der Waals surface area contributed by atoms with Gasteiger partial charge in [0.1, 0.15) is 23.9 Å². The molecule has 0 unspecified atom stereocenters. The van der Waals surface area contributed by atoms with Gasteiger partial charge >= 0.3 is 0 Å². The van der Waals surface area contributed by atoms with E-state index in [2.05, 4.69) is 0 Å². The van der Waals surface area contributed by atoms with Gasteiger partial charge in [-0.25, -0.2) is 0 Å². The maximum atomic E-state index is 10.3. The molecule has 0 aromatic carbocycles. The van der Waals surface area contributed by atoms with Crippen molar-refractivity contribution in [3.05, 3.63) is 12.6 Å². The first-order valence-corrected chi connectivity index (χ1v) is 3.82. The number of rotatable bonds is 6. The first kappa shape index (κ1) is 11.3. The SMILES string of the molecule is [2H]C=C[C@@](O)([C@H](O)[C@H](O)CO)[C@@H](O)C=O. The van der Waals surface area contributed by atoms with E-state index in [4.69, 9.17) is 16.7 Å². The fraction of sp³-hybridized carbons (Fsp3) is 0.625. The molecule has 0 amide bonds. The van der Waals surface area contributed by atoms with Crippen molar-refractivity contribution in [2.24, 2.45) is 0 Å². The lowest BCUT2D eigenvalue weighted by atomic mass is 9.88. The van der Waals surface area contributed by atoms with Crippen molar-refractivity contribution in [2.75, 3.05) is 6.61 Å². The summed E-state index contributed by atoms with van der Waals surface area (Å²) < 4.78 is 6.70. The Morgan fingerprint density at radius 1 is 1.50 bits per heavy atom. The summed E-state index contributed by atoms with van der Waals surface area (Å²) in [5, 5.41) is 45.7. The maximum absolute atomic E-state index is 10.3. The van der Waals surface area contributed by atoms with E-state index in [1.165, 1.54) is 0 Å². The van der Waals surface area contributed by atoms with E-state index >= 15 is 0 Å². The van der Waals surface area contributed by atoms with E-state index in [-0.39, 0.29) is 6.29 Å². The number of hydrogen-bond acceptors (Lipinski definition) is 6. The van der Waals surface area contributed by atoms with Crippen LogP contribution in [0.1, 0.15) is 1.37 Å². The Bertz CT molecular complexity index is 233. The lowest BCUT2D eigenvalue weighted by Gasteiger charge is -2.33. The fourth-order valence-corrected chi connectivity index (χ4v) is 0.889. The fourth-order valence-electron chi connectivity index (χ4n) is 0.889. The first-order chi connectivity index (χ1) is 6.93. The van der Waals surface area contributed by atoms with Crippen LogP contribution in [0.15, 0.2) is 12.6 Å². The first-order valence-electron chi connectivity index (χ1n) is 4.40. The second-order valence-electron chi connectivity index (χ2n) is 2.83. The molecular formula is C8H14O6. The van der Waals surface area contributed by atoms with Gasteiger partial charge in [0, 0.05) is 0 Å². The van der Waals surface area contributed by atoms with Crippen LogP contribution in [-0.4, -0.2) is 62.3 Å². The predicted molar refractivity (Wildman–Crippen MR) is 46.3 cm³/mol. The molecule has 0 spiro atoms. The third-order valence-corrected chi connectivity index (χ3v) is 1.89. The summed E-state index contributed by atoms with van der Waals surface area (Å²) in [4.78, 5) is 10.3. The average Bonchev–Trinajstić information content (AvgIpc) is 2.25. The number of aliphatic hydroxyl groups is 5. The Labute approximate surface area is 82.1 Å². The predicted octanol–water partition coefficient (Wildman–Crippen LogP) is -2.82. The molecule has 0 aliphatic heterocycles. The lowest BCUT2D eigenvalue weighted by molar-refractivity contribution is -0.161. The molecule has 6 nitrogen and oxygen atoms in total. The molecule has 0 fully saturated rings. The molecule has 0 saturated carbocycles. The second-order valence-corrected chi connectivity index (χ2v) is 2.83. The molecular weight excluding hydrogens is 192 g/mol. The Morgan fingerprint density at radius 2 is 2.07 bits per heavy atom. The highest BCUT2D eigenvalue weighted by Gasteiger charge is 2.43. The van der Waals surface area contributed by atoms with E-state index in [0.29, 0.717) is 12.6 Å². The minimum Gasteiger partial charge on any atom is -0.394 e. The van der Waals surface area contributed by atoms with Gasteiger partial charge in [0.05, 0.1) is 7.98 Å². The normalized spacial score (nSPS) is 23.6. The molecule has 0 rings (SSSR count). The zero-order valence-electron chi connectivity index (χ0n) is 8.32. The molecule has 0 aromatic heterocycles. The number of hydrogen-bond donors (Lipinski definition) is 5. The van der Waals surface area contributed by atoms with Crippen LogP contribution in [0, 0.1) is 0 Å². The summed E-state index contributed by atoms with van der Waals surface area (Å²) in [6.45, 7) is -0.305. The van der Waals surface area contributed by atoms with Crippen molar-refractivity contribution in [1.29, 1.82) is 0 Å². The summed E-state index contributed by atoms with van der Waals surface area (Å²) >= 11 is 0. The van der Waals surface area contributed by atoms with E-state index in [0.717, 1.165) is 0 Å². The third kappa shape index (κ3) is 2.37. The highest BCUT2D eigenvalue weighted by Crippen LogP contribution is 2.19. The van der Waals surface area contributed by atoms with Crippen LogP contribution in [0.5, 0.6) is 0 Å². The minimum atomic E-state index is -2.49. The number of carbonyl (C=O) groups excluding carboxylic acids is 1. The summed E-state index contributed by atoms with van der Waals surface area (Å²) in [6.07, 6.45) is -5.12. The van der Waals surface area contributed by atoms with Crippen molar-refractivity contribution in [3.63, 3.8) is 0 Å². The average molecular weight is 207 g/mol. The van der Waals surface area contributed by atoms with Gasteiger partial charge in [-0.2, -0.15) is 0 Å². The number of aliphatic hydroxyl groups excluding tert-OH is 4. The van der Waals surface area contributed by atoms with Gasteiger partial charge < -0.3 is 30.3 Å². The number of aldehydes is 1. The van der Waals surface area contributed by atoms with Crippen molar-refractivity contribution in [2.45, 2.75) is 23.9 Å². The zero-order valence-corrected chi connectivity index (χ0v) is 7.32. The van der Waals surface area contributed by atoms with Crippen LogP contribution >= 0.6 is 0 Å². The molecule has 0 radical (unpaired) electrons.